The molecule has 2 amide bonds. The Balaban J connectivity index is 2.45. The van der Waals surface area contributed by atoms with E-state index in [1.54, 1.807) is 6.08 Å². The van der Waals surface area contributed by atoms with Gasteiger partial charge >= 0.3 is 0 Å². The standard InChI is InChI=1S/C14H17N3O2S/c1-4-16-12(18)11(8-10-6-7-15(3)9-10)13(19)17(5-2)14(16)20/h6-9H,4-5H2,1-3H3. The molecule has 1 aromatic heterocycles. The predicted molar refractivity (Wildman–Crippen MR) is 80.8 cm³/mol. The molecule has 0 aliphatic carbocycles. The molecule has 0 atom stereocenters. The normalized spacial score (nSPS) is 16.1. The van der Waals surface area contributed by atoms with Crippen LogP contribution in [0, 0.1) is 0 Å². The Hall–Kier alpha value is -1.95. The average molecular weight is 291 g/mol. The van der Waals surface area contributed by atoms with Gasteiger partial charge in [0.15, 0.2) is 5.11 Å². The van der Waals surface area contributed by atoms with E-state index in [1.807, 2.05) is 43.9 Å². The highest BCUT2D eigenvalue weighted by Gasteiger charge is 2.37. The highest BCUT2D eigenvalue weighted by Crippen LogP contribution is 2.20. The summed E-state index contributed by atoms with van der Waals surface area (Å²) < 4.78 is 1.87. The molecular formula is C14H17N3O2S. The topological polar surface area (TPSA) is 45.6 Å². The summed E-state index contributed by atoms with van der Waals surface area (Å²) in [7, 11) is 1.89. The number of aryl methyl sites for hydroxylation is 1. The van der Waals surface area contributed by atoms with E-state index >= 15 is 0 Å². The van der Waals surface area contributed by atoms with Crippen LogP contribution in [0.3, 0.4) is 0 Å². The second-order valence-electron chi connectivity index (χ2n) is 4.55. The van der Waals surface area contributed by atoms with Crippen LogP contribution in [0.2, 0.25) is 0 Å². The molecule has 1 saturated heterocycles. The van der Waals surface area contributed by atoms with Crippen LogP contribution in [0.25, 0.3) is 6.08 Å². The summed E-state index contributed by atoms with van der Waals surface area (Å²) in [5.41, 5.74) is 0.984. The predicted octanol–water partition coefficient (Wildman–Crippen LogP) is 1.40. The fourth-order valence-corrected chi connectivity index (χ4v) is 2.58. The number of aromatic nitrogens is 1. The fraction of sp³-hybridized carbons (Fsp3) is 0.357. The maximum atomic E-state index is 12.4. The van der Waals surface area contributed by atoms with E-state index in [2.05, 4.69) is 0 Å². The van der Waals surface area contributed by atoms with Gasteiger partial charge in [-0.25, -0.2) is 0 Å². The summed E-state index contributed by atoms with van der Waals surface area (Å²) in [6.45, 7) is 4.59. The molecule has 0 aromatic carbocycles. The Bertz CT molecular complexity index is 575. The first kappa shape index (κ1) is 14.5. The van der Waals surface area contributed by atoms with Gasteiger partial charge in [0.2, 0.25) is 0 Å². The lowest BCUT2D eigenvalue weighted by Gasteiger charge is -2.35. The van der Waals surface area contributed by atoms with Gasteiger partial charge in [-0.05, 0) is 43.8 Å². The van der Waals surface area contributed by atoms with Crippen molar-refractivity contribution in [1.82, 2.24) is 14.4 Å². The van der Waals surface area contributed by atoms with E-state index < -0.39 is 0 Å². The third-order valence-corrected chi connectivity index (χ3v) is 3.65. The summed E-state index contributed by atoms with van der Waals surface area (Å²) in [6.07, 6.45) is 5.34. The van der Waals surface area contributed by atoms with Crippen molar-refractivity contribution in [2.24, 2.45) is 7.05 Å². The molecule has 1 fully saturated rings. The number of thiocarbonyl (C=S) groups is 1. The molecule has 1 aliphatic heterocycles. The zero-order valence-corrected chi connectivity index (χ0v) is 12.6. The number of rotatable bonds is 3. The quantitative estimate of drug-likeness (QED) is 0.480. The molecule has 2 rings (SSSR count). The van der Waals surface area contributed by atoms with Gasteiger partial charge in [0.25, 0.3) is 11.8 Å². The lowest BCUT2D eigenvalue weighted by molar-refractivity contribution is -0.133. The van der Waals surface area contributed by atoms with Gasteiger partial charge in [-0.1, -0.05) is 0 Å². The average Bonchev–Trinajstić information content (AvgIpc) is 2.81. The second-order valence-corrected chi connectivity index (χ2v) is 4.91. The Morgan fingerprint density at radius 1 is 1.15 bits per heavy atom. The van der Waals surface area contributed by atoms with Crippen LogP contribution in [0.5, 0.6) is 0 Å². The molecule has 1 aliphatic rings. The highest BCUT2D eigenvalue weighted by molar-refractivity contribution is 7.80. The smallest absolute Gasteiger partial charge is 0.265 e. The van der Waals surface area contributed by atoms with Crippen molar-refractivity contribution < 1.29 is 9.59 Å². The zero-order valence-electron chi connectivity index (χ0n) is 11.8. The number of amides is 2. The second kappa shape index (κ2) is 5.58. The lowest BCUT2D eigenvalue weighted by atomic mass is 10.1. The van der Waals surface area contributed by atoms with E-state index in [4.69, 9.17) is 12.2 Å². The molecule has 106 valence electrons. The lowest BCUT2D eigenvalue weighted by Crippen LogP contribution is -2.55. The Morgan fingerprint density at radius 2 is 1.70 bits per heavy atom. The number of hydrogen-bond donors (Lipinski definition) is 0. The maximum Gasteiger partial charge on any atom is 0.265 e. The molecule has 5 nitrogen and oxygen atoms in total. The molecule has 1 aromatic rings. The first-order chi connectivity index (χ1) is 9.49. The first-order valence-electron chi connectivity index (χ1n) is 6.51. The van der Waals surface area contributed by atoms with Crippen LogP contribution in [0.4, 0.5) is 0 Å². The molecule has 2 heterocycles. The van der Waals surface area contributed by atoms with Crippen molar-refractivity contribution in [3.8, 4) is 0 Å². The molecule has 0 bridgehead atoms. The molecule has 6 heteroatoms. The minimum absolute atomic E-state index is 0.161. The largest absolute Gasteiger partial charge is 0.357 e. The zero-order chi connectivity index (χ0) is 14.9. The number of nitrogens with zero attached hydrogens (tertiary/aromatic N) is 3. The number of carbonyl (C=O) groups excluding carboxylic acids is 2. The molecule has 0 spiro atoms. The molecule has 0 saturated carbocycles. The fourth-order valence-electron chi connectivity index (χ4n) is 2.16. The van der Waals surface area contributed by atoms with E-state index in [0.29, 0.717) is 13.1 Å². The van der Waals surface area contributed by atoms with Crippen molar-refractivity contribution >= 4 is 35.2 Å². The van der Waals surface area contributed by atoms with Crippen LogP contribution < -0.4 is 0 Å². The van der Waals surface area contributed by atoms with E-state index in [0.717, 1.165) is 5.56 Å². The summed E-state index contributed by atoms with van der Waals surface area (Å²) >= 11 is 5.20. The highest BCUT2D eigenvalue weighted by atomic mass is 32.1. The minimum Gasteiger partial charge on any atom is -0.357 e. The van der Waals surface area contributed by atoms with Crippen LogP contribution in [-0.2, 0) is 16.6 Å². The first-order valence-corrected chi connectivity index (χ1v) is 6.91. The third kappa shape index (κ3) is 2.38. The van der Waals surface area contributed by atoms with E-state index in [-0.39, 0.29) is 22.5 Å². The monoisotopic (exact) mass is 291 g/mol. The third-order valence-electron chi connectivity index (χ3n) is 3.21. The van der Waals surface area contributed by atoms with Crippen LogP contribution in [0.15, 0.2) is 24.0 Å². The van der Waals surface area contributed by atoms with E-state index in [9.17, 15) is 9.59 Å². The summed E-state index contributed by atoms with van der Waals surface area (Å²) in [5, 5.41) is 0.287. The molecule has 0 N–H and O–H groups in total. The molecular weight excluding hydrogens is 274 g/mol. The van der Waals surface area contributed by atoms with Crippen LogP contribution in [-0.4, -0.2) is 44.4 Å². The minimum atomic E-state index is -0.323. The van der Waals surface area contributed by atoms with Crippen molar-refractivity contribution in [2.75, 3.05) is 13.1 Å². The van der Waals surface area contributed by atoms with E-state index in [1.165, 1.54) is 9.80 Å². The SMILES string of the molecule is CCN1C(=O)C(=Cc2ccn(C)c2)C(=O)N(CC)C1=S. The molecule has 20 heavy (non-hydrogen) atoms. The van der Waals surface area contributed by atoms with Gasteiger partial charge in [0, 0.05) is 32.5 Å². The Kier molecular flexibility index (Phi) is 4.04. The van der Waals surface area contributed by atoms with Gasteiger partial charge in [0.05, 0.1) is 0 Å². The summed E-state index contributed by atoms with van der Waals surface area (Å²) in [4.78, 5) is 27.6. The Morgan fingerprint density at radius 3 is 2.10 bits per heavy atom. The maximum absolute atomic E-state index is 12.4. The summed E-state index contributed by atoms with van der Waals surface area (Å²) in [6, 6.07) is 1.85. The number of hydrogen-bond acceptors (Lipinski definition) is 3. The van der Waals surface area contributed by atoms with Crippen molar-refractivity contribution in [2.45, 2.75) is 13.8 Å². The van der Waals surface area contributed by atoms with Crippen molar-refractivity contribution in [1.29, 1.82) is 0 Å². The number of carbonyl (C=O) groups is 2. The summed E-state index contributed by atoms with van der Waals surface area (Å²) in [5.74, 6) is -0.646. The van der Waals surface area contributed by atoms with Crippen LogP contribution >= 0.6 is 12.2 Å². The number of likely N-dealkylation sites (N-methyl/N-ethyl adjacent to an activating group) is 2. The van der Waals surface area contributed by atoms with Gasteiger partial charge in [-0.3, -0.25) is 19.4 Å². The van der Waals surface area contributed by atoms with Gasteiger partial charge in [-0.2, -0.15) is 0 Å². The van der Waals surface area contributed by atoms with Gasteiger partial charge < -0.3 is 4.57 Å². The van der Waals surface area contributed by atoms with Gasteiger partial charge in [-0.15, -0.1) is 0 Å². The molecule has 0 unspecified atom stereocenters. The van der Waals surface area contributed by atoms with Crippen molar-refractivity contribution in [3.63, 3.8) is 0 Å². The van der Waals surface area contributed by atoms with Crippen molar-refractivity contribution in [3.05, 3.63) is 29.6 Å². The van der Waals surface area contributed by atoms with Gasteiger partial charge in [0.1, 0.15) is 5.57 Å². The Labute approximate surface area is 123 Å². The molecule has 0 radical (unpaired) electrons. The van der Waals surface area contributed by atoms with Crippen LogP contribution in [0.1, 0.15) is 19.4 Å².